The highest BCUT2D eigenvalue weighted by Gasteiger charge is 2.24. The number of ketones is 1. The Balaban J connectivity index is 1.57. The summed E-state index contributed by atoms with van der Waals surface area (Å²) in [6.07, 6.45) is 0.973. The van der Waals surface area contributed by atoms with Crippen LogP contribution in [-0.4, -0.2) is 26.9 Å². The molecule has 0 unspecified atom stereocenters. The van der Waals surface area contributed by atoms with Crippen LogP contribution in [0.2, 0.25) is 0 Å². The molecule has 3 aromatic carbocycles. The van der Waals surface area contributed by atoms with E-state index < -0.39 is 5.25 Å². The molecule has 1 aromatic heterocycles. The Labute approximate surface area is 196 Å². The molecule has 4 rings (SSSR count). The fourth-order valence-electron chi connectivity index (χ4n) is 3.36. The Morgan fingerprint density at radius 1 is 1.00 bits per heavy atom. The molecule has 0 bridgehead atoms. The number of carbonyl (C=O) groups is 2. The lowest BCUT2D eigenvalue weighted by atomic mass is 10.1. The minimum atomic E-state index is -0.571. The smallest absolute Gasteiger partial charge is 0.242 e. The number of benzene rings is 3. The van der Waals surface area contributed by atoms with Crippen molar-refractivity contribution in [2.24, 2.45) is 0 Å². The van der Waals surface area contributed by atoms with Crippen LogP contribution in [0.4, 0.5) is 5.69 Å². The van der Waals surface area contributed by atoms with Crippen LogP contribution in [0.5, 0.6) is 0 Å². The van der Waals surface area contributed by atoms with Crippen LogP contribution >= 0.6 is 11.8 Å². The van der Waals surface area contributed by atoms with Gasteiger partial charge in [0.1, 0.15) is 5.25 Å². The van der Waals surface area contributed by atoms with Gasteiger partial charge >= 0.3 is 0 Å². The van der Waals surface area contributed by atoms with Gasteiger partial charge in [-0.05, 0) is 36.6 Å². The van der Waals surface area contributed by atoms with Crippen LogP contribution in [0.25, 0.3) is 11.4 Å². The van der Waals surface area contributed by atoms with Gasteiger partial charge in [0.15, 0.2) is 11.6 Å². The zero-order valence-electron chi connectivity index (χ0n) is 18.4. The molecule has 6 nitrogen and oxygen atoms in total. The Kier molecular flexibility index (Phi) is 7.00. The van der Waals surface area contributed by atoms with Gasteiger partial charge < -0.3 is 5.32 Å². The molecular formula is C26H24N4O2S. The number of aromatic nitrogens is 3. The number of hydrogen-bond acceptors (Lipinski definition) is 5. The minimum Gasteiger partial charge on any atom is -0.325 e. The van der Waals surface area contributed by atoms with Crippen molar-refractivity contribution in [1.82, 2.24) is 15.2 Å². The highest BCUT2D eigenvalue weighted by atomic mass is 32.2. The summed E-state index contributed by atoms with van der Waals surface area (Å²) in [6, 6.07) is 24.6. The van der Waals surface area contributed by atoms with E-state index in [4.69, 9.17) is 0 Å². The summed E-state index contributed by atoms with van der Waals surface area (Å²) in [6.45, 7) is 3.61. The van der Waals surface area contributed by atoms with Crippen LogP contribution in [0, 0.1) is 0 Å². The first-order valence-corrected chi connectivity index (χ1v) is 11.6. The molecule has 0 saturated carbocycles. The van der Waals surface area contributed by atoms with E-state index in [1.807, 2.05) is 42.5 Å². The molecule has 166 valence electrons. The van der Waals surface area contributed by atoms with Crippen molar-refractivity contribution in [1.29, 1.82) is 0 Å². The molecule has 0 saturated heterocycles. The van der Waals surface area contributed by atoms with E-state index in [-0.39, 0.29) is 11.7 Å². The Hall–Kier alpha value is -3.71. The molecule has 7 heteroatoms. The van der Waals surface area contributed by atoms with Crippen molar-refractivity contribution >= 4 is 29.1 Å². The fourth-order valence-corrected chi connectivity index (χ4v) is 4.27. The quantitative estimate of drug-likeness (QED) is 0.262. The molecule has 0 radical (unpaired) electrons. The predicted molar refractivity (Wildman–Crippen MR) is 131 cm³/mol. The van der Waals surface area contributed by atoms with E-state index in [1.54, 1.807) is 24.3 Å². The predicted octanol–water partition coefficient (Wildman–Crippen LogP) is 5.71. The first kappa shape index (κ1) is 22.5. The zero-order valence-corrected chi connectivity index (χ0v) is 19.2. The Morgan fingerprint density at radius 3 is 2.45 bits per heavy atom. The number of rotatable bonds is 8. The summed E-state index contributed by atoms with van der Waals surface area (Å²) in [5.74, 6) is 0.382. The van der Waals surface area contributed by atoms with E-state index in [0.29, 0.717) is 22.2 Å². The van der Waals surface area contributed by atoms with Crippen molar-refractivity contribution < 1.29 is 9.59 Å². The summed E-state index contributed by atoms with van der Waals surface area (Å²) in [4.78, 5) is 29.6. The van der Waals surface area contributed by atoms with Crippen molar-refractivity contribution in [3.63, 3.8) is 0 Å². The Morgan fingerprint density at radius 2 is 1.76 bits per heavy atom. The highest BCUT2D eigenvalue weighted by Crippen LogP contribution is 2.35. The zero-order chi connectivity index (χ0) is 23.2. The van der Waals surface area contributed by atoms with Gasteiger partial charge in [0.25, 0.3) is 0 Å². The van der Waals surface area contributed by atoms with E-state index in [2.05, 4.69) is 39.6 Å². The summed E-state index contributed by atoms with van der Waals surface area (Å²) >= 11 is 1.27. The van der Waals surface area contributed by atoms with Gasteiger partial charge in [-0.1, -0.05) is 85.4 Å². The first-order chi connectivity index (χ1) is 16.0. The van der Waals surface area contributed by atoms with Gasteiger partial charge in [-0.2, -0.15) is 0 Å². The topological polar surface area (TPSA) is 87.7 Å². The molecule has 0 aliphatic heterocycles. The largest absolute Gasteiger partial charge is 0.325 e. The molecule has 4 aromatic rings. The van der Waals surface area contributed by atoms with E-state index in [0.717, 1.165) is 17.5 Å². The lowest BCUT2D eigenvalue weighted by molar-refractivity contribution is -0.115. The molecule has 0 fully saturated rings. The maximum Gasteiger partial charge on any atom is 0.242 e. The second-order valence-corrected chi connectivity index (χ2v) is 8.62. The second kappa shape index (κ2) is 10.3. The third-order valence-electron chi connectivity index (χ3n) is 5.20. The van der Waals surface area contributed by atoms with E-state index in [1.165, 1.54) is 24.2 Å². The molecule has 33 heavy (non-hydrogen) atoms. The van der Waals surface area contributed by atoms with Crippen molar-refractivity contribution in [3.8, 4) is 11.4 Å². The maximum atomic E-state index is 13.3. The van der Waals surface area contributed by atoms with Crippen LogP contribution in [0.1, 0.15) is 40.6 Å². The number of nitrogens with one attached hydrogen (secondary N) is 2. The molecule has 0 aliphatic carbocycles. The number of amides is 1. The van der Waals surface area contributed by atoms with Gasteiger partial charge in [0.05, 0.1) is 0 Å². The summed E-state index contributed by atoms with van der Waals surface area (Å²) in [7, 11) is 0. The van der Waals surface area contributed by atoms with Crippen molar-refractivity contribution in [3.05, 3.63) is 95.6 Å². The van der Waals surface area contributed by atoms with Gasteiger partial charge in [-0.3, -0.25) is 14.7 Å². The molecule has 1 amide bonds. The van der Waals surface area contributed by atoms with Crippen molar-refractivity contribution in [2.45, 2.75) is 30.7 Å². The third kappa shape index (κ3) is 5.56. The number of anilines is 1. The standard InChI is InChI=1S/C26H24N4O2S/c1-3-18-12-14-20(15-13-18)24-28-26(30-29-24)33-23(19-8-5-4-6-9-19)25(32)27-22-11-7-10-21(16-22)17(2)31/h4-16,23H,3H2,1-2H3,(H,27,32)(H,28,29,30)/t23-/m0/s1. The van der Waals surface area contributed by atoms with E-state index >= 15 is 0 Å². The average molecular weight is 457 g/mol. The average Bonchev–Trinajstić information content (AvgIpc) is 3.32. The summed E-state index contributed by atoms with van der Waals surface area (Å²) in [5.41, 5.74) is 4.14. The highest BCUT2D eigenvalue weighted by molar-refractivity contribution is 8.00. The lowest BCUT2D eigenvalue weighted by Gasteiger charge is -2.15. The molecule has 1 atom stereocenters. The lowest BCUT2D eigenvalue weighted by Crippen LogP contribution is -2.19. The molecule has 1 heterocycles. The third-order valence-corrected chi connectivity index (χ3v) is 6.32. The molecular weight excluding hydrogens is 432 g/mol. The number of thioether (sulfide) groups is 1. The summed E-state index contributed by atoms with van der Waals surface area (Å²) in [5, 5.41) is 10.1. The van der Waals surface area contributed by atoms with Crippen LogP contribution in [0.15, 0.2) is 84.0 Å². The van der Waals surface area contributed by atoms with Gasteiger partial charge in [0, 0.05) is 16.8 Å². The van der Waals surface area contributed by atoms with Gasteiger partial charge in [-0.25, -0.2) is 4.98 Å². The minimum absolute atomic E-state index is 0.0553. The number of carbonyl (C=O) groups excluding carboxylic acids is 2. The fraction of sp³-hybridized carbons (Fsp3) is 0.154. The number of H-pyrrole nitrogens is 1. The second-order valence-electron chi connectivity index (χ2n) is 7.55. The molecule has 0 aliphatic rings. The molecule has 2 N–H and O–H groups in total. The molecule has 0 spiro atoms. The first-order valence-electron chi connectivity index (χ1n) is 10.7. The van der Waals surface area contributed by atoms with Crippen LogP contribution < -0.4 is 5.32 Å². The van der Waals surface area contributed by atoms with Crippen molar-refractivity contribution in [2.75, 3.05) is 5.32 Å². The maximum absolute atomic E-state index is 13.3. The Bertz CT molecular complexity index is 1250. The monoisotopic (exact) mass is 456 g/mol. The normalized spacial score (nSPS) is 11.7. The number of nitrogens with zero attached hydrogens (tertiary/aromatic N) is 2. The number of aromatic amines is 1. The number of Topliss-reactive ketones (excluding diaryl/α,β-unsaturated/α-hetero) is 1. The SMILES string of the molecule is CCc1ccc(-c2nc(S[C@H](C(=O)Nc3cccc(C(C)=O)c3)c3ccccc3)n[nH]2)cc1. The summed E-state index contributed by atoms with van der Waals surface area (Å²) < 4.78 is 0. The van der Waals surface area contributed by atoms with Gasteiger partial charge in [-0.15, -0.1) is 5.10 Å². The van der Waals surface area contributed by atoms with E-state index in [9.17, 15) is 9.59 Å². The van der Waals surface area contributed by atoms with Crippen LogP contribution in [0.3, 0.4) is 0 Å². The van der Waals surface area contributed by atoms with Gasteiger partial charge in [0.2, 0.25) is 11.1 Å². The number of aryl methyl sites for hydroxylation is 1. The van der Waals surface area contributed by atoms with Crippen LogP contribution in [-0.2, 0) is 11.2 Å². The number of hydrogen-bond donors (Lipinski definition) is 2.